The van der Waals surface area contributed by atoms with Crippen LogP contribution in [0.2, 0.25) is 0 Å². The Morgan fingerprint density at radius 1 is 1.26 bits per heavy atom. The van der Waals surface area contributed by atoms with E-state index < -0.39 is 34.7 Å². The summed E-state index contributed by atoms with van der Waals surface area (Å²) in [5, 5.41) is 9.30. The molecule has 4 fully saturated rings. The second-order valence-corrected chi connectivity index (χ2v) is 5.95. The maximum absolute atomic E-state index is 12.3. The monoisotopic (exact) mass is 279 g/mol. The highest BCUT2D eigenvalue weighted by atomic mass is 19.4. The number of carboxylic acids is 1. The molecule has 5 nitrogen and oxygen atoms in total. The van der Waals surface area contributed by atoms with Crippen molar-refractivity contribution in [3.63, 3.8) is 0 Å². The number of nitrogens with zero attached hydrogens (tertiary/aromatic N) is 1. The van der Waals surface area contributed by atoms with E-state index in [4.69, 9.17) is 4.74 Å². The first kappa shape index (κ1) is 12.7. The van der Waals surface area contributed by atoms with Crippen LogP contribution in [0.1, 0.15) is 19.8 Å². The normalized spacial score (nSPS) is 38.8. The Bertz CT molecular complexity index is 475. The first-order chi connectivity index (χ1) is 8.54. The van der Waals surface area contributed by atoms with E-state index in [9.17, 15) is 27.9 Å². The molecule has 0 atom stereocenters. The minimum atomic E-state index is -4.93. The highest BCUT2D eigenvalue weighted by Crippen LogP contribution is 2.69. The third-order valence-electron chi connectivity index (χ3n) is 4.50. The van der Waals surface area contributed by atoms with Crippen LogP contribution >= 0.6 is 0 Å². The zero-order chi connectivity index (χ0) is 14.3. The second kappa shape index (κ2) is 3.05. The van der Waals surface area contributed by atoms with Crippen molar-refractivity contribution in [2.45, 2.75) is 37.1 Å². The number of carbonyl (C=O) groups is 2. The largest absolute Gasteiger partial charge is 0.481 e. The van der Waals surface area contributed by atoms with Crippen molar-refractivity contribution in [1.29, 1.82) is 0 Å². The fourth-order valence-corrected chi connectivity index (χ4v) is 3.80. The van der Waals surface area contributed by atoms with Gasteiger partial charge >= 0.3 is 18.1 Å². The topological polar surface area (TPSA) is 66.8 Å². The van der Waals surface area contributed by atoms with Crippen LogP contribution in [0, 0.1) is 5.41 Å². The quantitative estimate of drug-likeness (QED) is 0.770. The van der Waals surface area contributed by atoms with Crippen molar-refractivity contribution >= 4 is 11.9 Å². The average molecular weight is 279 g/mol. The van der Waals surface area contributed by atoms with E-state index in [0.29, 0.717) is 17.7 Å². The number of rotatable bonds is 1. The molecule has 2 bridgehead atoms. The Balaban J connectivity index is 1.79. The van der Waals surface area contributed by atoms with Gasteiger partial charge in [0.25, 0.3) is 0 Å². The number of alkyl halides is 3. The summed E-state index contributed by atoms with van der Waals surface area (Å²) >= 11 is 0. The third kappa shape index (κ3) is 1.35. The molecule has 0 aromatic heterocycles. The van der Waals surface area contributed by atoms with E-state index in [1.165, 1.54) is 0 Å². The van der Waals surface area contributed by atoms with Crippen molar-refractivity contribution in [3.05, 3.63) is 0 Å². The van der Waals surface area contributed by atoms with Gasteiger partial charge in [0.15, 0.2) is 0 Å². The van der Waals surface area contributed by atoms with Crippen LogP contribution in [0.5, 0.6) is 0 Å². The van der Waals surface area contributed by atoms with Gasteiger partial charge < -0.3 is 14.7 Å². The summed E-state index contributed by atoms with van der Waals surface area (Å²) in [6, 6.07) is 0. The number of hydrogen-bond donors (Lipinski definition) is 1. The van der Waals surface area contributed by atoms with Gasteiger partial charge in [0.2, 0.25) is 0 Å². The minimum absolute atomic E-state index is 0.295. The second-order valence-electron chi connectivity index (χ2n) is 5.95. The fraction of sp³-hybridized carbons (Fsp3) is 0.818. The zero-order valence-electron chi connectivity index (χ0n) is 10.1. The molecule has 19 heavy (non-hydrogen) atoms. The summed E-state index contributed by atoms with van der Waals surface area (Å²) in [6.07, 6.45) is -4.34. The van der Waals surface area contributed by atoms with Gasteiger partial charge in [-0.25, -0.2) is 0 Å². The van der Waals surface area contributed by atoms with E-state index >= 15 is 0 Å². The Morgan fingerprint density at radius 3 is 2.21 bits per heavy atom. The van der Waals surface area contributed by atoms with E-state index in [-0.39, 0.29) is 13.1 Å². The van der Waals surface area contributed by atoms with Crippen molar-refractivity contribution in [2.24, 2.45) is 5.41 Å². The van der Waals surface area contributed by atoms with Crippen molar-refractivity contribution < 1.29 is 32.6 Å². The minimum Gasteiger partial charge on any atom is -0.481 e. The van der Waals surface area contributed by atoms with Gasteiger partial charge in [0.1, 0.15) is 11.0 Å². The maximum atomic E-state index is 12.3. The lowest BCUT2D eigenvalue weighted by atomic mass is 9.54. The highest BCUT2D eigenvalue weighted by Gasteiger charge is 2.80. The van der Waals surface area contributed by atoms with Gasteiger partial charge in [0.05, 0.1) is 18.7 Å². The Labute approximate surface area is 106 Å². The summed E-state index contributed by atoms with van der Waals surface area (Å²) in [7, 11) is 0. The molecule has 0 unspecified atom stereocenters. The van der Waals surface area contributed by atoms with Gasteiger partial charge in [-0.1, -0.05) is 0 Å². The lowest BCUT2D eigenvalue weighted by molar-refractivity contribution is -0.212. The molecule has 1 spiro atoms. The number of amides is 1. The van der Waals surface area contributed by atoms with Gasteiger partial charge in [0, 0.05) is 0 Å². The summed E-state index contributed by atoms with van der Waals surface area (Å²) in [5.41, 5.74) is -2.86. The van der Waals surface area contributed by atoms with Crippen LogP contribution in [-0.4, -0.2) is 52.4 Å². The zero-order valence-corrected chi connectivity index (χ0v) is 10.1. The first-order valence-electron chi connectivity index (χ1n) is 5.83. The van der Waals surface area contributed by atoms with Crippen LogP contribution < -0.4 is 0 Å². The molecule has 3 saturated heterocycles. The number of carboxylic acid groups (broad SMARTS) is 1. The molecule has 1 amide bonds. The Morgan fingerprint density at radius 2 is 1.79 bits per heavy atom. The predicted octanol–water partition coefficient (Wildman–Crippen LogP) is 0.783. The number of hydrogen-bond acceptors (Lipinski definition) is 3. The SMILES string of the molecule is CC12CC(C(=O)O)(C1)C1(CN(C(=O)C(F)(F)F)C1)O2. The molecule has 4 rings (SSSR count). The van der Waals surface area contributed by atoms with Gasteiger partial charge in [-0.3, -0.25) is 9.59 Å². The van der Waals surface area contributed by atoms with E-state index in [0.717, 1.165) is 0 Å². The van der Waals surface area contributed by atoms with Gasteiger partial charge in [-0.05, 0) is 19.8 Å². The molecule has 1 N–H and O–H groups in total. The van der Waals surface area contributed by atoms with Gasteiger partial charge in [-0.2, -0.15) is 13.2 Å². The Hall–Kier alpha value is -1.31. The van der Waals surface area contributed by atoms with E-state index in [1.807, 2.05) is 0 Å². The average Bonchev–Trinajstić information content (AvgIpc) is 2.57. The smallest absolute Gasteiger partial charge is 0.471 e. The molecule has 106 valence electrons. The molecular formula is C11H12F3NO4. The molecule has 3 heterocycles. The van der Waals surface area contributed by atoms with Crippen LogP contribution in [0.25, 0.3) is 0 Å². The van der Waals surface area contributed by atoms with Crippen LogP contribution in [-0.2, 0) is 14.3 Å². The molecule has 1 saturated carbocycles. The van der Waals surface area contributed by atoms with Crippen molar-refractivity contribution in [3.8, 4) is 0 Å². The summed E-state index contributed by atoms with van der Waals surface area (Å²) in [6.45, 7) is 1.15. The first-order valence-corrected chi connectivity index (χ1v) is 5.83. The molecule has 0 radical (unpaired) electrons. The summed E-state index contributed by atoms with van der Waals surface area (Å²) in [5.74, 6) is -2.99. The fourth-order valence-electron chi connectivity index (χ4n) is 3.80. The number of aliphatic carboxylic acids is 1. The van der Waals surface area contributed by atoms with Crippen LogP contribution in [0.4, 0.5) is 13.2 Å². The molecule has 4 aliphatic rings. The summed E-state index contributed by atoms with van der Waals surface area (Å²) < 4.78 is 42.5. The maximum Gasteiger partial charge on any atom is 0.471 e. The number of carbonyl (C=O) groups excluding carboxylic acids is 1. The van der Waals surface area contributed by atoms with Gasteiger partial charge in [-0.15, -0.1) is 0 Å². The van der Waals surface area contributed by atoms with Crippen molar-refractivity contribution in [2.75, 3.05) is 13.1 Å². The highest BCUT2D eigenvalue weighted by molar-refractivity contribution is 5.85. The molecular weight excluding hydrogens is 267 g/mol. The predicted molar refractivity (Wildman–Crippen MR) is 54.2 cm³/mol. The third-order valence-corrected chi connectivity index (χ3v) is 4.50. The van der Waals surface area contributed by atoms with Crippen molar-refractivity contribution in [1.82, 2.24) is 4.90 Å². The lowest BCUT2D eigenvalue weighted by Gasteiger charge is -2.52. The van der Waals surface area contributed by atoms with E-state index in [1.54, 1.807) is 6.92 Å². The summed E-state index contributed by atoms with van der Waals surface area (Å²) in [4.78, 5) is 23.0. The molecule has 1 aliphatic carbocycles. The number of halogens is 3. The standard InChI is InChI=1S/C11H12F3NO4/c1-8-2-9(3-8,7(17)18)10(19-8)4-15(5-10)6(16)11(12,13)14/h2-5H2,1H3,(H,17,18). The number of ether oxygens (including phenoxy) is 1. The lowest BCUT2D eigenvalue weighted by Crippen LogP contribution is -2.72. The number of likely N-dealkylation sites (tertiary alicyclic amines) is 1. The molecule has 3 aliphatic heterocycles. The molecule has 8 heteroatoms. The Kier molecular flexibility index (Phi) is 2.04. The van der Waals surface area contributed by atoms with Crippen LogP contribution in [0.3, 0.4) is 0 Å². The van der Waals surface area contributed by atoms with Crippen LogP contribution in [0.15, 0.2) is 0 Å². The molecule has 0 aromatic carbocycles. The van der Waals surface area contributed by atoms with E-state index in [2.05, 4.69) is 0 Å². The molecule has 0 aromatic rings.